The summed E-state index contributed by atoms with van der Waals surface area (Å²) in [6.07, 6.45) is 6.81. The molecule has 1 heterocycles. The summed E-state index contributed by atoms with van der Waals surface area (Å²) >= 11 is 12.2. The molecule has 1 aliphatic heterocycles. The monoisotopic (exact) mass is 562 g/mol. The predicted octanol–water partition coefficient (Wildman–Crippen LogP) is 7.25. The smallest absolute Gasteiger partial charge is 0.181 e. The Balaban J connectivity index is 1.29. The molecule has 2 fully saturated rings. The van der Waals surface area contributed by atoms with Crippen LogP contribution in [-0.2, 0) is 0 Å². The summed E-state index contributed by atoms with van der Waals surface area (Å²) in [5.74, 6) is 0.792. The second-order valence-electron chi connectivity index (χ2n) is 10.8. The first-order chi connectivity index (χ1) is 19.0. The molecule has 5 nitrogen and oxygen atoms in total. The highest BCUT2D eigenvalue weighted by atomic mass is 35.5. The van der Waals surface area contributed by atoms with Crippen molar-refractivity contribution in [1.29, 1.82) is 5.26 Å². The lowest BCUT2D eigenvalue weighted by Gasteiger charge is -2.39. The van der Waals surface area contributed by atoms with Crippen molar-refractivity contribution in [2.75, 3.05) is 25.0 Å². The van der Waals surface area contributed by atoms with Crippen molar-refractivity contribution >= 4 is 28.9 Å². The third kappa shape index (κ3) is 7.14. The Morgan fingerprint density at radius 1 is 0.897 bits per heavy atom. The Bertz CT molecular complexity index is 1280. The van der Waals surface area contributed by atoms with Gasteiger partial charge < -0.3 is 15.3 Å². The number of aliphatic hydroxyl groups excluding tert-OH is 1. The Morgan fingerprint density at radius 2 is 1.64 bits per heavy atom. The number of aliphatic hydroxyl groups is 1. The van der Waals surface area contributed by atoms with E-state index < -0.39 is 6.35 Å². The van der Waals surface area contributed by atoms with E-state index >= 15 is 0 Å². The summed E-state index contributed by atoms with van der Waals surface area (Å²) in [5, 5.41) is 27.3. The lowest BCUT2D eigenvalue weighted by molar-refractivity contribution is 0.115. The Kier molecular flexibility index (Phi) is 9.45. The molecule has 2 atom stereocenters. The molecule has 204 valence electrons. The van der Waals surface area contributed by atoms with Gasteiger partial charge in [-0.05, 0) is 97.6 Å². The summed E-state index contributed by atoms with van der Waals surface area (Å²) in [7, 11) is 0. The van der Waals surface area contributed by atoms with Crippen molar-refractivity contribution in [2.24, 2.45) is 5.92 Å². The zero-order valence-electron chi connectivity index (χ0n) is 22.1. The van der Waals surface area contributed by atoms with Gasteiger partial charge >= 0.3 is 0 Å². The van der Waals surface area contributed by atoms with E-state index in [0.29, 0.717) is 33.8 Å². The zero-order chi connectivity index (χ0) is 27.2. The number of hydrogen-bond acceptors (Lipinski definition) is 5. The van der Waals surface area contributed by atoms with Crippen LogP contribution in [0.4, 0.5) is 5.69 Å². The number of piperidine rings is 1. The van der Waals surface area contributed by atoms with Crippen LogP contribution in [-0.4, -0.2) is 42.0 Å². The largest absolute Gasteiger partial charge is 0.361 e. The number of anilines is 1. The number of nitriles is 1. The number of hydrogen-bond donors (Lipinski definition) is 3. The minimum atomic E-state index is -0.920. The molecule has 1 aliphatic carbocycles. The minimum absolute atomic E-state index is 0.264. The maximum absolute atomic E-state index is 10.8. The fraction of sp³-hybridized carbons (Fsp3) is 0.406. The van der Waals surface area contributed by atoms with Gasteiger partial charge in [0.05, 0.1) is 21.7 Å². The van der Waals surface area contributed by atoms with Crippen molar-refractivity contribution in [3.63, 3.8) is 0 Å². The average molecular weight is 564 g/mol. The summed E-state index contributed by atoms with van der Waals surface area (Å²) in [6, 6.07) is 24.7. The van der Waals surface area contributed by atoms with Crippen LogP contribution in [0, 0.1) is 17.2 Å². The quantitative estimate of drug-likeness (QED) is 0.239. The number of likely N-dealkylation sites (tertiary alicyclic amines) is 1. The lowest BCUT2D eigenvalue weighted by Crippen LogP contribution is -2.44. The van der Waals surface area contributed by atoms with E-state index in [9.17, 15) is 10.4 Å². The van der Waals surface area contributed by atoms with Crippen molar-refractivity contribution in [2.45, 2.75) is 56.8 Å². The molecule has 3 aromatic rings. The molecule has 7 heteroatoms. The molecule has 0 spiro atoms. The van der Waals surface area contributed by atoms with Crippen LogP contribution in [0.15, 0.2) is 66.7 Å². The molecule has 0 radical (unpaired) electrons. The molecular formula is C32H36Cl2N4O. The standard InChI is InChI=1S/C32H36Cl2N4O/c33-30-13-12-27(19-31(30)34)37-32(39)36-21-29(25-14-16-38(17-15-25)28-6-1-2-7-28)24-10-8-23(9-11-24)26-5-3-4-22(18-26)20-35/h3-5,8-13,18-19,25,28-29,32,36-37,39H,1-2,6-7,14-17,21H2. The van der Waals surface area contributed by atoms with E-state index in [4.69, 9.17) is 23.2 Å². The van der Waals surface area contributed by atoms with Crippen LogP contribution in [0.5, 0.6) is 0 Å². The minimum Gasteiger partial charge on any atom is -0.361 e. The van der Waals surface area contributed by atoms with Crippen LogP contribution in [0.25, 0.3) is 11.1 Å². The maximum atomic E-state index is 10.8. The Hall–Kier alpha value is -2.59. The van der Waals surface area contributed by atoms with Gasteiger partial charge in [-0.2, -0.15) is 5.26 Å². The van der Waals surface area contributed by atoms with E-state index in [2.05, 4.69) is 45.9 Å². The normalized spacial score (nSPS) is 18.5. The summed E-state index contributed by atoms with van der Waals surface area (Å²) in [4.78, 5) is 2.71. The molecule has 3 N–H and O–H groups in total. The molecule has 1 saturated heterocycles. The zero-order valence-corrected chi connectivity index (χ0v) is 23.6. The second kappa shape index (κ2) is 13.2. The Labute approximate surface area is 241 Å². The maximum Gasteiger partial charge on any atom is 0.181 e. The molecule has 5 rings (SSSR count). The van der Waals surface area contributed by atoms with Crippen LogP contribution in [0.3, 0.4) is 0 Å². The second-order valence-corrected chi connectivity index (χ2v) is 11.6. The van der Waals surface area contributed by atoms with Gasteiger partial charge in [0.2, 0.25) is 0 Å². The number of nitrogens with one attached hydrogen (secondary N) is 2. The number of halogens is 2. The molecular weight excluding hydrogens is 527 g/mol. The molecule has 2 aliphatic rings. The molecule has 0 aromatic heterocycles. The fourth-order valence-electron chi connectivity index (χ4n) is 6.24. The molecule has 1 saturated carbocycles. The van der Waals surface area contributed by atoms with E-state index in [0.717, 1.165) is 43.1 Å². The van der Waals surface area contributed by atoms with Crippen molar-refractivity contribution in [3.05, 3.63) is 87.9 Å². The highest BCUT2D eigenvalue weighted by Gasteiger charge is 2.31. The first kappa shape index (κ1) is 28.0. The van der Waals surface area contributed by atoms with Gasteiger partial charge in [0.25, 0.3) is 0 Å². The highest BCUT2D eigenvalue weighted by molar-refractivity contribution is 6.42. The number of benzene rings is 3. The average Bonchev–Trinajstić information content (AvgIpc) is 3.51. The number of nitrogens with zero attached hydrogens (tertiary/aromatic N) is 2. The molecule has 3 aromatic carbocycles. The van der Waals surface area contributed by atoms with Crippen molar-refractivity contribution < 1.29 is 5.11 Å². The van der Waals surface area contributed by atoms with Crippen LogP contribution >= 0.6 is 23.2 Å². The molecule has 0 bridgehead atoms. The number of rotatable bonds is 9. The fourth-order valence-corrected chi connectivity index (χ4v) is 6.54. The van der Waals surface area contributed by atoms with Crippen LogP contribution in [0.2, 0.25) is 10.0 Å². The SMILES string of the molecule is N#Cc1cccc(-c2ccc(C(CNC(O)Nc3ccc(Cl)c(Cl)c3)C3CCN(C4CCCC4)CC3)cc2)c1. The third-order valence-electron chi connectivity index (χ3n) is 8.40. The van der Waals surface area contributed by atoms with Crippen molar-refractivity contribution in [1.82, 2.24) is 10.2 Å². The van der Waals surface area contributed by atoms with Crippen LogP contribution < -0.4 is 10.6 Å². The topological polar surface area (TPSA) is 71.3 Å². The Morgan fingerprint density at radius 3 is 2.33 bits per heavy atom. The summed E-state index contributed by atoms with van der Waals surface area (Å²) in [5.41, 5.74) is 4.77. The van der Waals surface area contributed by atoms with Crippen LogP contribution in [0.1, 0.15) is 55.6 Å². The van der Waals surface area contributed by atoms with E-state index in [-0.39, 0.29) is 5.92 Å². The molecule has 2 unspecified atom stereocenters. The summed E-state index contributed by atoms with van der Waals surface area (Å²) < 4.78 is 0. The predicted molar refractivity (Wildman–Crippen MR) is 160 cm³/mol. The van der Waals surface area contributed by atoms with Gasteiger partial charge in [-0.3, -0.25) is 5.32 Å². The van der Waals surface area contributed by atoms with Crippen molar-refractivity contribution in [3.8, 4) is 17.2 Å². The highest BCUT2D eigenvalue weighted by Crippen LogP contribution is 2.36. The summed E-state index contributed by atoms with van der Waals surface area (Å²) in [6.45, 7) is 2.94. The van der Waals surface area contributed by atoms with E-state index in [1.807, 2.05) is 24.3 Å². The lowest BCUT2D eigenvalue weighted by atomic mass is 9.79. The van der Waals surface area contributed by atoms with Gasteiger partial charge in [0.1, 0.15) is 0 Å². The van der Waals surface area contributed by atoms with Gasteiger partial charge in [0, 0.05) is 18.3 Å². The third-order valence-corrected chi connectivity index (χ3v) is 9.14. The van der Waals surface area contributed by atoms with E-state index in [1.165, 1.54) is 31.2 Å². The van der Waals surface area contributed by atoms with E-state index in [1.54, 1.807) is 18.2 Å². The van der Waals surface area contributed by atoms with Gasteiger partial charge in [-0.1, -0.05) is 72.4 Å². The van der Waals surface area contributed by atoms with Gasteiger partial charge in [-0.15, -0.1) is 0 Å². The van der Waals surface area contributed by atoms with Gasteiger partial charge in [-0.25, -0.2) is 0 Å². The first-order valence-electron chi connectivity index (χ1n) is 14.0. The van der Waals surface area contributed by atoms with Gasteiger partial charge in [0.15, 0.2) is 6.35 Å². The molecule has 39 heavy (non-hydrogen) atoms. The first-order valence-corrected chi connectivity index (χ1v) is 14.7. The molecule has 0 amide bonds.